The summed E-state index contributed by atoms with van der Waals surface area (Å²) >= 11 is 0. The number of rotatable bonds is 7. The maximum Gasteiger partial charge on any atom is 0.322 e. The molecule has 2 aromatic rings. The molecule has 0 aliphatic carbocycles. The Morgan fingerprint density at radius 2 is 1.76 bits per heavy atom. The van der Waals surface area contributed by atoms with E-state index in [-0.39, 0.29) is 30.3 Å². The van der Waals surface area contributed by atoms with Crippen LogP contribution in [0.25, 0.3) is 0 Å². The summed E-state index contributed by atoms with van der Waals surface area (Å²) in [4.78, 5) is 43.6. The molecule has 2 aliphatic heterocycles. The molecule has 0 saturated carbocycles. The molecular formula is C29H36N4O4. The van der Waals surface area contributed by atoms with Crippen LogP contribution in [0, 0.1) is 5.92 Å². The van der Waals surface area contributed by atoms with E-state index in [1.165, 1.54) is 0 Å². The third kappa shape index (κ3) is 5.48. The summed E-state index contributed by atoms with van der Waals surface area (Å²) in [7, 11) is 0. The van der Waals surface area contributed by atoms with Crippen molar-refractivity contribution in [2.45, 2.75) is 59.2 Å². The second-order valence-electron chi connectivity index (χ2n) is 10.8. The Morgan fingerprint density at radius 1 is 1.08 bits per heavy atom. The van der Waals surface area contributed by atoms with E-state index in [1.807, 2.05) is 96.1 Å². The third-order valence-electron chi connectivity index (χ3n) is 6.47. The average Bonchev–Trinajstić information content (AvgIpc) is 3.14. The summed E-state index contributed by atoms with van der Waals surface area (Å²) in [6.45, 7) is 12.1. The fourth-order valence-corrected chi connectivity index (χ4v) is 4.95. The van der Waals surface area contributed by atoms with E-state index in [2.05, 4.69) is 10.6 Å². The van der Waals surface area contributed by atoms with Gasteiger partial charge >= 0.3 is 6.03 Å². The highest BCUT2D eigenvalue weighted by atomic mass is 16.5. The van der Waals surface area contributed by atoms with Crippen molar-refractivity contribution in [1.82, 2.24) is 20.4 Å². The van der Waals surface area contributed by atoms with Gasteiger partial charge in [-0.3, -0.25) is 14.5 Å². The monoisotopic (exact) mass is 504 g/mol. The molecule has 2 atom stereocenters. The fraction of sp³-hybridized carbons (Fsp3) is 0.414. The van der Waals surface area contributed by atoms with Gasteiger partial charge in [-0.25, -0.2) is 4.79 Å². The maximum absolute atomic E-state index is 14.0. The van der Waals surface area contributed by atoms with Gasteiger partial charge in [0, 0.05) is 12.1 Å². The lowest BCUT2D eigenvalue weighted by molar-refractivity contribution is -0.139. The van der Waals surface area contributed by atoms with Gasteiger partial charge in [0.05, 0.1) is 23.9 Å². The molecule has 4 rings (SSSR count). The van der Waals surface area contributed by atoms with Gasteiger partial charge in [0.2, 0.25) is 5.91 Å². The second-order valence-corrected chi connectivity index (χ2v) is 10.8. The zero-order chi connectivity index (χ0) is 26.9. The number of ether oxygens (including phenoxy) is 1. The predicted octanol–water partition coefficient (Wildman–Crippen LogP) is 4.60. The number of urea groups is 1. The van der Waals surface area contributed by atoms with E-state index in [4.69, 9.17) is 4.74 Å². The Labute approximate surface area is 218 Å². The zero-order valence-corrected chi connectivity index (χ0v) is 22.4. The van der Waals surface area contributed by atoms with E-state index in [0.717, 1.165) is 5.56 Å². The zero-order valence-electron chi connectivity index (χ0n) is 22.4. The number of hydrogen-bond acceptors (Lipinski definition) is 4. The maximum atomic E-state index is 14.0. The van der Waals surface area contributed by atoms with E-state index >= 15 is 0 Å². The third-order valence-corrected chi connectivity index (χ3v) is 6.47. The lowest BCUT2D eigenvalue weighted by atomic mass is 9.95. The summed E-state index contributed by atoms with van der Waals surface area (Å²) in [5.41, 5.74) is 1.44. The van der Waals surface area contributed by atoms with E-state index in [0.29, 0.717) is 29.3 Å². The molecule has 2 heterocycles. The molecule has 4 amide bonds. The minimum absolute atomic E-state index is 0.118. The molecule has 0 spiro atoms. The van der Waals surface area contributed by atoms with Gasteiger partial charge in [-0.1, -0.05) is 44.2 Å². The fourth-order valence-electron chi connectivity index (χ4n) is 4.95. The van der Waals surface area contributed by atoms with Crippen LogP contribution in [0.1, 0.15) is 53.1 Å². The van der Waals surface area contributed by atoms with Crippen LogP contribution >= 0.6 is 0 Å². The lowest BCUT2D eigenvalue weighted by Crippen LogP contribution is -2.55. The van der Waals surface area contributed by atoms with Crippen molar-refractivity contribution in [3.63, 3.8) is 0 Å². The van der Waals surface area contributed by atoms with Crippen molar-refractivity contribution in [1.29, 1.82) is 0 Å². The van der Waals surface area contributed by atoms with Crippen molar-refractivity contribution in [3.8, 4) is 11.5 Å². The molecule has 0 saturated heterocycles. The standard InChI is InChI=1S/C29H36N4O4/c1-7-32-22-17-33(25(18(2)3)26(34)31-29(4,5)6)27(35)23(22)24(30-28(32)36)19-12-11-15-21(16-19)37-20-13-9-8-10-14-20/h8-16,18,24-25H,7,17H2,1-6H3,(H,30,36)(H,31,34). The van der Waals surface area contributed by atoms with Gasteiger partial charge in [0.1, 0.15) is 17.5 Å². The topological polar surface area (TPSA) is 91.0 Å². The first kappa shape index (κ1) is 26.3. The highest BCUT2D eigenvalue weighted by Crippen LogP contribution is 2.39. The Balaban J connectivity index is 1.69. The highest BCUT2D eigenvalue weighted by Gasteiger charge is 2.47. The Hall–Kier alpha value is -3.81. The van der Waals surface area contributed by atoms with Crippen LogP contribution in [-0.2, 0) is 9.59 Å². The van der Waals surface area contributed by atoms with Gasteiger partial charge in [-0.05, 0) is 63.4 Å². The minimum Gasteiger partial charge on any atom is -0.457 e. The van der Waals surface area contributed by atoms with Crippen LogP contribution in [0.15, 0.2) is 65.9 Å². The number of benzene rings is 2. The highest BCUT2D eigenvalue weighted by molar-refractivity contribution is 6.03. The van der Waals surface area contributed by atoms with Crippen LogP contribution in [0.2, 0.25) is 0 Å². The number of nitrogens with one attached hydrogen (secondary N) is 2. The molecule has 2 aliphatic rings. The van der Waals surface area contributed by atoms with Crippen molar-refractivity contribution in [2.75, 3.05) is 13.1 Å². The van der Waals surface area contributed by atoms with Crippen LogP contribution < -0.4 is 15.4 Å². The lowest BCUT2D eigenvalue weighted by Gasteiger charge is -2.33. The summed E-state index contributed by atoms with van der Waals surface area (Å²) in [6, 6.07) is 15.2. The number of nitrogens with zero attached hydrogens (tertiary/aromatic N) is 2. The van der Waals surface area contributed by atoms with Gasteiger partial charge in [-0.15, -0.1) is 0 Å². The molecular weight excluding hydrogens is 468 g/mol. The summed E-state index contributed by atoms with van der Waals surface area (Å²) < 4.78 is 6.00. The van der Waals surface area contributed by atoms with Crippen LogP contribution in [0.3, 0.4) is 0 Å². The second kappa shape index (κ2) is 10.3. The molecule has 2 aromatic carbocycles. The molecule has 2 unspecified atom stereocenters. The van der Waals surface area contributed by atoms with Gasteiger partial charge in [-0.2, -0.15) is 0 Å². The minimum atomic E-state index is -0.667. The predicted molar refractivity (Wildman–Crippen MR) is 142 cm³/mol. The number of para-hydroxylation sites is 1. The van der Waals surface area contributed by atoms with Crippen LogP contribution in [0.5, 0.6) is 11.5 Å². The molecule has 8 heteroatoms. The summed E-state index contributed by atoms with van der Waals surface area (Å²) in [5.74, 6) is 0.734. The average molecular weight is 505 g/mol. The van der Waals surface area contributed by atoms with Crippen molar-refractivity contribution in [3.05, 3.63) is 71.4 Å². The van der Waals surface area contributed by atoms with E-state index in [9.17, 15) is 14.4 Å². The first-order valence-electron chi connectivity index (χ1n) is 12.8. The summed E-state index contributed by atoms with van der Waals surface area (Å²) in [6.07, 6.45) is 0. The molecule has 8 nitrogen and oxygen atoms in total. The first-order chi connectivity index (χ1) is 17.5. The molecule has 0 fully saturated rings. The van der Waals surface area contributed by atoms with E-state index in [1.54, 1.807) is 9.80 Å². The number of carbonyl (C=O) groups is 3. The van der Waals surface area contributed by atoms with Crippen molar-refractivity contribution < 1.29 is 19.1 Å². The van der Waals surface area contributed by atoms with Crippen molar-refractivity contribution in [2.24, 2.45) is 5.92 Å². The molecule has 37 heavy (non-hydrogen) atoms. The largest absolute Gasteiger partial charge is 0.457 e. The molecule has 0 aromatic heterocycles. The van der Waals surface area contributed by atoms with Gasteiger partial charge in [0.15, 0.2) is 0 Å². The first-order valence-corrected chi connectivity index (χ1v) is 12.8. The van der Waals surface area contributed by atoms with Gasteiger partial charge < -0.3 is 20.3 Å². The van der Waals surface area contributed by atoms with Crippen LogP contribution in [0.4, 0.5) is 4.79 Å². The molecule has 196 valence electrons. The number of amides is 4. The van der Waals surface area contributed by atoms with Gasteiger partial charge in [0.25, 0.3) is 5.91 Å². The number of hydrogen-bond donors (Lipinski definition) is 2. The molecule has 0 bridgehead atoms. The Bertz CT molecular complexity index is 1220. The molecule has 0 radical (unpaired) electrons. The SMILES string of the molecule is CCN1C(=O)NC(c2cccc(Oc3ccccc3)c2)C2=C1CN(C(C(=O)NC(C)(C)C)C(C)C)C2=O. The molecule has 2 N–H and O–H groups in total. The Kier molecular flexibility index (Phi) is 7.30. The Morgan fingerprint density at radius 3 is 2.38 bits per heavy atom. The number of likely N-dealkylation sites (N-methyl/N-ethyl adjacent to an activating group) is 1. The quantitative estimate of drug-likeness (QED) is 0.577. The normalized spacial score (nSPS) is 18.6. The smallest absolute Gasteiger partial charge is 0.322 e. The number of carbonyl (C=O) groups excluding carboxylic acids is 3. The van der Waals surface area contributed by atoms with Crippen LogP contribution in [-0.4, -0.2) is 52.3 Å². The van der Waals surface area contributed by atoms with E-state index < -0.39 is 17.6 Å². The van der Waals surface area contributed by atoms with Crippen molar-refractivity contribution >= 4 is 17.8 Å². The summed E-state index contributed by atoms with van der Waals surface area (Å²) in [5, 5.41) is 6.03.